The van der Waals surface area contributed by atoms with E-state index in [0.717, 1.165) is 34.7 Å². The van der Waals surface area contributed by atoms with Gasteiger partial charge in [0.05, 0.1) is 0 Å². The second kappa shape index (κ2) is 9.66. The van der Waals surface area contributed by atoms with Crippen LogP contribution in [0, 0.1) is 19.3 Å². The third kappa shape index (κ3) is 5.25. The average Bonchev–Trinajstić information content (AvgIpc) is 2.74. The molecule has 0 fully saturated rings. The van der Waals surface area contributed by atoms with Crippen LogP contribution in [0.4, 0.5) is 0 Å². The van der Waals surface area contributed by atoms with Crippen molar-refractivity contribution in [3.63, 3.8) is 0 Å². The van der Waals surface area contributed by atoms with Crippen LogP contribution in [0.15, 0.2) is 60.7 Å². The van der Waals surface area contributed by atoms with Crippen molar-refractivity contribution in [2.24, 2.45) is 5.41 Å². The van der Waals surface area contributed by atoms with Crippen LogP contribution in [-0.2, 0) is 0 Å². The number of hydrogen-bond donors (Lipinski definition) is 1. The van der Waals surface area contributed by atoms with Gasteiger partial charge in [-0.05, 0) is 54.7 Å². The van der Waals surface area contributed by atoms with E-state index < -0.39 is 0 Å². The first-order valence-electron chi connectivity index (χ1n) is 11.3. The molecule has 0 saturated heterocycles. The number of carbonyl (C=O) groups excluding carboxylic acids is 2. The molecule has 3 rings (SSSR count). The van der Waals surface area contributed by atoms with Crippen LogP contribution in [0.2, 0.25) is 0 Å². The molecule has 3 aromatic carbocycles. The Balaban J connectivity index is 2.10. The van der Waals surface area contributed by atoms with Crippen LogP contribution in [0.5, 0.6) is 0 Å². The van der Waals surface area contributed by atoms with Gasteiger partial charge >= 0.3 is 0 Å². The second-order valence-corrected chi connectivity index (χ2v) is 9.69. The Kier molecular flexibility index (Phi) is 7.15. The summed E-state index contributed by atoms with van der Waals surface area (Å²) in [5, 5.41) is 3.04. The molecule has 0 aromatic heterocycles. The number of benzene rings is 3. The molecule has 1 atom stereocenters. The highest BCUT2D eigenvalue weighted by atomic mass is 16.2. The van der Waals surface area contributed by atoms with E-state index in [1.54, 1.807) is 6.07 Å². The summed E-state index contributed by atoms with van der Waals surface area (Å²) < 4.78 is 0. The maximum absolute atomic E-state index is 13.9. The number of hydrazine groups is 1. The predicted molar refractivity (Wildman–Crippen MR) is 132 cm³/mol. The van der Waals surface area contributed by atoms with Crippen LogP contribution in [0.3, 0.4) is 0 Å². The quantitative estimate of drug-likeness (QED) is 0.361. The van der Waals surface area contributed by atoms with Crippen molar-refractivity contribution < 1.29 is 9.59 Å². The Bertz CT molecular complexity index is 1100. The smallest absolute Gasteiger partial charge is 0.267 e. The molecule has 0 heterocycles. The Labute approximate surface area is 191 Å². The molecule has 4 heteroatoms. The molecular weight excluding hydrogens is 396 g/mol. The van der Waals surface area contributed by atoms with Crippen molar-refractivity contribution in [1.29, 1.82) is 0 Å². The maximum atomic E-state index is 13.9. The lowest BCUT2D eigenvalue weighted by Gasteiger charge is -2.36. The summed E-state index contributed by atoms with van der Waals surface area (Å²) in [6.45, 7) is 12.4. The zero-order chi connectivity index (χ0) is 23.5. The van der Waals surface area contributed by atoms with Gasteiger partial charge in [-0.2, -0.15) is 0 Å². The van der Waals surface area contributed by atoms with Crippen molar-refractivity contribution >= 4 is 22.6 Å². The SMILES string of the molecule is CCC[C@@H](NN(C(=O)c1cc(C)cc(C)c1)C(=O)c1cccc2ccccc12)C(C)(C)C. The number of carbonyl (C=O) groups is 2. The number of imide groups is 1. The van der Waals surface area contributed by atoms with E-state index >= 15 is 0 Å². The summed E-state index contributed by atoms with van der Waals surface area (Å²) in [6.07, 6.45) is 1.80. The Morgan fingerprint density at radius 2 is 1.53 bits per heavy atom. The molecule has 4 nitrogen and oxygen atoms in total. The molecule has 3 aromatic rings. The Morgan fingerprint density at radius 1 is 0.906 bits per heavy atom. The Morgan fingerprint density at radius 3 is 2.16 bits per heavy atom. The molecule has 0 aliphatic carbocycles. The summed E-state index contributed by atoms with van der Waals surface area (Å²) >= 11 is 0. The van der Waals surface area contributed by atoms with Gasteiger partial charge in [-0.25, -0.2) is 10.4 Å². The highest BCUT2D eigenvalue weighted by molar-refractivity contribution is 6.15. The number of nitrogens with one attached hydrogen (secondary N) is 1. The summed E-state index contributed by atoms with van der Waals surface area (Å²) in [6, 6.07) is 19.1. The number of rotatable bonds is 6. The number of nitrogens with zero attached hydrogens (tertiary/aromatic N) is 1. The first-order valence-corrected chi connectivity index (χ1v) is 11.3. The molecule has 0 bridgehead atoms. The zero-order valence-electron chi connectivity index (χ0n) is 20.0. The summed E-state index contributed by atoms with van der Waals surface area (Å²) in [5.41, 5.74) is 6.20. The molecule has 0 aliphatic rings. The topological polar surface area (TPSA) is 49.4 Å². The van der Waals surface area contributed by atoms with Gasteiger partial charge in [0.1, 0.15) is 0 Å². The van der Waals surface area contributed by atoms with Crippen molar-refractivity contribution in [3.05, 3.63) is 82.9 Å². The molecule has 0 spiro atoms. The monoisotopic (exact) mass is 430 g/mol. The number of fused-ring (bicyclic) bond motifs is 1. The van der Waals surface area contributed by atoms with Crippen molar-refractivity contribution in [2.75, 3.05) is 0 Å². The van der Waals surface area contributed by atoms with E-state index in [4.69, 9.17) is 0 Å². The minimum atomic E-state index is -0.337. The van der Waals surface area contributed by atoms with Crippen molar-refractivity contribution in [1.82, 2.24) is 10.4 Å². The normalized spacial score (nSPS) is 12.6. The van der Waals surface area contributed by atoms with Gasteiger partial charge < -0.3 is 0 Å². The largest absolute Gasteiger partial charge is 0.275 e. The highest BCUT2D eigenvalue weighted by Gasteiger charge is 2.32. The van der Waals surface area contributed by atoms with Crippen LogP contribution >= 0.6 is 0 Å². The van der Waals surface area contributed by atoms with E-state index in [1.165, 1.54) is 5.01 Å². The Hall–Kier alpha value is -2.98. The number of hydrogen-bond acceptors (Lipinski definition) is 3. The van der Waals surface area contributed by atoms with Gasteiger partial charge in [-0.15, -0.1) is 0 Å². The predicted octanol–water partition coefficient (Wildman–Crippen LogP) is 6.46. The van der Waals surface area contributed by atoms with Gasteiger partial charge in [0.15, 0.2) is 0 Å². The molecule has 1 N–H and O–H groups in total. The molecule has 2 amide bonds. The van der Waals surface area contributed by atoms with Crippen molar-refractivity contribution in [2.45, 2.75) is 60.4 Å². The molecule has 0 unspecified atom stereocenters. The fourth-order valence-corrected chi connectivity index (χ4v) is 4.10. The van der Waals surface area contributed by atoms with E-state index in [0.29, 0.717) is 11.1 Å². The highest BCUT2D eigenvalue weighted by Crippen LogP contribution is 2.26. The molecule has 168 valence electrons. The van der Waals surface area contributed by atoms with Gasteiger partial charge in [0.25, 0.3) is 11.8 Å². The molecule has 0 aliphatic heterocycles. The maximum Gasteiger partial charge on any atom is 0.275 e. The lowest BCUT2D eigenvalue weighted by molar-refractivity contribution is 0.0426. The van der Waals surface area contributed by atoms with E-state index in [2.05, 4.69) is 33.1 Å². The summed E-state index contributed by atoms with van der Waals surface area (Å²) in [4.78, 5) is 27.6. The third-order valence-electron chi connectivity index (χ3n) is 5.80. The first kappa shape index (κ1) is 23.7. The van der Waals surface area contributed by atoms with Gasteiger partial charge in [0, 0.05) is 17.2 Å². The van der Waals surface area contributed by atoms with Gasteiger partial charge in [-0.3, -0.25) is 9.59 Å². The second-order valence-electron chi connectivity index (χ2n) is 9.69. The minimum Gasteiger partial charge on any atom is -0.267 e. The van der Waals surface area contributed by atoms with Crippen LogP contribution in [0.1, 0.15) is 72.4 Å². The van der Waals surface area contributed by atoms with E-state index in [-0.39, 0.29) is 23.3 Å². The third-order valence-corrected chi connectivity index (χ3v) is 5.80. The minimum absolute atomic E-state index is 0.0405. The molecule has 0 saturated carbocycles. The summed E-state index contributed by atoms with van der Waals surface area (Å²) in [5.74, 6) is -0.670. The molecule has 32 heavy (non-hydrogen) atoms. The lowest BCUT2D eigenvalue weighted by atomic mass is 9.84. The first-order chi connectivity index (χ1) is 15.1. The number of aryl methyl sites for hydroxylation is 2. The zero-order valence-corrected chi connectivity index (χ0v) is 20.0. The van der Waals surface area contributed by atoms with Gasteiger partial charge in [-0.1, -0.05) is 87.7 Å². The standard InChI is InChI=1S/C28H34N2O2/c1-7-11-25(28(4,5)6)29-30(26(31)22-17-19(2)16-20(3)18-22)27(32)24-15-10-13-21-12-8-9-14-23(21)24/h8-10,12-18,25,29H,7,11H2,1-6H3/t25-/m1/s1. The van der Waals surface area contributed by atoms with Crippen LogP contribution in [0.25, 0.3) is 10.8 Å². The lowest BCUT2D eigenvalue weighted by Crippen LogP contribution is -2.55. The number of amides is 2. The van der Waals surface area contributed by atoms with Crippen LogP contribution < -0.4 is 5.43 Å². The average molecular weight is 431 g/mol. The van der Waals surface area contributed by atoms with Crippen LogP contribution in [-0.4, -0.2) is 22.9 Å². The molecule has 0 radical (unpaired) electrons. The fraction of sp³-hybridized carbons (Fsp3) is 0.357. The van der Waals surface area contributed by atoms with E-state index in [9.17, 15) is 9.59 Å². The van der Waals surface area contributed by atoms with E-state index in [1.807, 2.05) is 68.4 Å². The summed E-state index contributed by atoms with van der Waals surface area (Å²) in [7, 11) is 0. The van der Waals surface area contributed by atoms with Crippen molar-refractivity contribution in [3.8, 4) is 0 Å². The fourth-order valence-electron chi connectivity index (χ4n) is 4.10. The van der Waals surface area contributed by atoms with Gasteiger partial charge in [0.2, 0.25) is 0 Å². The molecular formula is C28H34N2O2.